The van der Waals surface area contributed by atoms with Gasteiger partial charge in [-0.1, -0.05) is 37.1 Å². The van der Waals surface area contributed by atoms with Crippen LogP contribution >= 0.6 is 0 Å². The number of likely N-dealkylation sites (tertiary alicyclic amines) is 1. The second-order valence-electron chi connectivity index (χ2n) is 10.7. The summed E-state index contributed by atoms with van der Waals surface area (Å²) in [5.74, 6) is 1.04. The van der Waals surface area contributed by atoms with E-state index < -0.39 is 0 Å². The lowest BCUT2D eigenvalue weighted by Gasteiger charge is -2.42. The smallest absolute Gasteiger partial charge is 0.262 e. The summed E-state index contributed by atoms with van der Waals surface area (Å²) in [7, 11) is 0. The third-order valence-electron chi connectivity index (χ3n) is 8.03. The first-order valence-electron chi connectivity index (χ1n) is 13.4. The summed E-state index contributed by atoms with van der Waals surface area (Å²) in [6.45, 7) is 3.96. The molecule has 0 radical (unpaired) electrons. The van der Waals surface area contributed by atoms with Gasteiger partial charge in [0.25, 0.3) is 11.5 Å². The number of H-pyrrole nitrogens is 1. The highest BCUT2D eigenvalue weighted by atomic mass is 16.1. The van der Waals surface area contributed by atoms with Crippen LogP contribution in [-0.4, -0.2) is 43.6 Å². The van der Waals surface area contributed by atoms with Gasteiger partial charge in [0.2, 0.25) is 0 Å². The number of nitrogen functional groups attached to an aromatic ring is 1. The lowest BCUT2D eigenvalue weighted by atomic mass is 9.90. The first-order chi connectivity index (χ1) is 18.5. The number of benzene rings is 2. The van der Waals surface area contributed by atoms with Crippen LogP contribution in [0.4, 0.5) is 11.4 Å². The van der Waals surface area contributed by atoms with E-state index in [2.05, 4.69) is 27.2 Å². The van der Waals surface area contributed by atoms with Crippen molar-refractivity contribution < 1.29 is 4.79 Å². The number of nitrogens with zero attached hydrogens (tertiary/aromatic N) is 4. The van der Waals surface area contributed by atoms with E-state index in [9.17, 15) is 9.59 Å². The van der Waals surface area contributed by atoms with Crippen LogP contribution in [0.2, 0.25) is 0 Å². The number of amides is 1. The van der Waals surface area contributed by atoms with Gasteiger partial charge >= 0.3 is 0 Å². The molecule has 2 aromatic heterocycles. The summed E-state index contributed by atoms with van der Waals surface area (Å²) in [6.07, 6.45) is 7.18. The molecule has 4 aromatic rings. The largest absolute Gasteiger partial charge is 0.397 e. The number of carbonyl (C=O) groups is 1. The Labute approximate surface area is 221 Å². The highest BCUT2D eigenvalue weighted by Crippen LogP contribution is 2.32. The number of aromatic nitrogens is 4. The fraction of sp³-hybridized carbons (Fsp3) is 0.379. The van der Waals surface area contributed by atoms with Crippen molar-refractivity contribution in [3.8, 4) is 0 Å². The summed E-state index contributed by atoms with van der Waals surface area (Å²) in [5, 5.41) is 7.94. The van der Waals surface area contributed by atoms with E-state index >= 15 is 0 Å². The maximum atomic E-state index is 12.8. The van der Waals surface area contributed by atoms with Crippen molar-refractivity contribution >= 4 is 28.3 Å². The molecular formula is C29H33N7O2. The molecule has 1 aliphatic carbocycles. The molecular weight excluding hydrogens is 478 g/mol. The quantitative estimate of drug-likeness (QED) is 0.318. The van der Waals surface area contributed by atoms with Gasteiger partial charge in [0.1, 0.15) is 11.2 Å². The van der Waals surface area contributed by atoms with Gasteiger partial charge in [-0.15, -0.1) is 0 Å². The molecule has 0 bridgehead atoms. The Kier molecular flexibility index (Phi) is 6.45. The maximum Gasteiger partial charge on any atom is 0.262 e. The molecule has 1 atom stereocenters. The van der Waals surface area contributed by atoms with Gasteiger partial charge < -0.3 is 16.0 Å². The molecule has 196 valence electrons. The van der Waals surface area contributed by atoms with E-state index in [0.717, 1.165) is 32.4 Å². The standard InChI is InChI=1S/C29H33N7O2/c1-18(26-33-27-23(29(38)34-26)15-31-36(27)22-6-2-3-7-22)35-16-20(17-35)14-19-10-12-21(13-11-19)28(37)32-25-9-5-4-8-24(25)30/h4-5,8-13,15,18,20,22H,2-3,6-7,14,16-17,30H2,1H3,(H,32,37)(H,33,34,38)/t18-/m0/s1. The topological polar surface area (TPSA) is 122 Å². The first-order valence-corrected chi connectivity index (χ1v) is 13.4. The molecule has 38 heavy (non-hydrogen) atoms. The second-order valence-corrected chi connectivity index (χ2v) is 10.7. The zero-order chi connectivity index (χ0) is 26.2. The number of nitrogens with one attached hydrogen (secondary N) is 2. The van der Waals surface area contributed by atoms with Crippen molar-refractivity contribution in [2.75, 3.05) is 24.1 Å². The number of rotatable bonds is 7. The van der Waals surface area contributed by atoms with Crippen molar-refractivity contribution in [3.63, 3.8) is 0 Å². The minimum atomic E-state index is -0.175. The molecule has 2 aliphatic rings. The van der Waals surface area contributed by atoms with Crippen LogP contribution in [0.15, 0.2) is 59.5 Å². The number of carbonyl (C=O) groups excluding carboxylic acids is 1. The molecule has 4 N–H and O–H groups in total. The zero-order valence-electron chi connectivity index (χ0n) is 21.6. The van der Waals surface area contributed by atoms with E-state index in [0.29, 0.717) is 45.8 Å². The molecule has 1 aliphatic heterocycles. The number of hydrogen-bond acceptors (Lipinski definition) is 6. The van der Waals surface area contributed by atoms with Crippen molar-refractivity contribution in [3.05, 3.63) is 82.0 Å². The first kappa shape index (κ1) is 24.4. The van der Waals surface area contributed by atoms with E-state index in [1.165, 1.54) is 18.4 Å². The average molecular weight is 512 g/mol. The van der Waals surface area contributed by atoms with Gasteiger partial charge in [-0.3, -0.25) is 14.5 Å². The Morgan fingerprint density at radius 2 is 1.87 bits per heavy atom. The van der Waals surface area contributed by atoms with Gasteiger partial charge in [0.05, 0.1) is 29.7 Å². The van der Waals surface area contributed by atoms with Crippen LogP contribution in [0.25, 0.3) is 11.0 Å². The Hall–Kier alpha value is -3.98. The fourth-order valence-electron chi connectivity index (χ4n) is 5.73. The Balaban J connectivity index is 1.07. The Morgan fingerprint density at radius 3 is 2.61 bits per heavy atom. The van der Waals surface area contributed by atoms with Gasteiger partial charge in [-0.25, -0.2) is 9.67 Å². The minimum Gasteiger partial charge on any atom is -0.397 e. The second kappa shape index (κ2) is 10.1. The molecule has 0 spiro atoms. The van der Waals surface area contributed by atoms with Gasteiger partial charge in [-0.2, -0.15) is 5.10 Å². The molecule has 3 heterocycles. The van der Waals surface area contributed by atoms with Crippen LogP contribution in [-0.2, 0) is 6.42 Å². The van der Waals surface area contributed by atoms with Crippen LogP contribution in [0.5, 0.6) is 0 Å². The van der Waals surface area contributed by atoms with Crippen LogP contribution < -0.4 is 16.6 Å². The SMILES string of the molecule is C[C@@H](c1nc2c(cnn2C2CCCC2)c(=O)[nH]1)N1CC(Cc2ccc(C(=O)Nc3ccccc3N)cc2)C1. The highest BCUT2D eigenvalue weighted by molar-refractivity contribution is 6.05. The van der Waals surface area contributed by atoms with Crippen LogP contribution in [0, 0.1) is 5.92 Å². The monoisotopic (exact) mass is 511 g/mol. The summed E-state index contributed by atoms with van der Waals surface area (Å²) >= 11 is 0. The van der Waals surface area contributed by atoms with E-state index in [4.69, 9.17) is 10.7 Å². The minimum absolute atomic E-state index is 0.0202. The summed E-state index contributed by atoms with van der Waals surface area (Å²) in [5.41, 5.74) is 9.48. The van der Waals surface area contributed by atoms with Crippen LogP contribution in [0.1, 0.15) is 66.4 Å². The molecule has 9 heteroatoms. The number of aromatic amines is 1. The van der Waals surface area contributed by atoms with Crippen molar-refractivity contribution in [1.29, 1.82) is 0 Å². The number of para-hydroxylation sites is 2. The summed E-state index contributed by atoms with van der Waals surface area (Å²) in [6, 6.07) is 15.4. The van der Waals surface area contributed by atoms with E-state index in [1.54, 1.807) is 18.3 Å². The van der Waals surface area contributed by atoms with Crippen molar-refractivity contribution in [1.82, 2.24) is 24.6 Å². The fourth-order valence-corrected chi connectivity index (χ4v) is 5.73. The highest BCUT2D eigenvalue weighted by Gasteiger charge is 2.32. The predicted octanol–water partition coefficient (Wildman–Crippen LogP) is 4.30. The lowest BCUT2D eigenvalue weighted by Crippen LogP contribution is -2.49. The molecule has 2 fully saturated rings. The molecule has 1 saturated heterocycles. The molecule has 1 saturated carbocycles. The third-order valence-corrected chi connectivity index (χ3v) is 8.03. The molecule has 2 aromatic carbocycles. The molecule has 9 nitrogen and oxygen atoms in total. The molecule has 1 amide bonds. The zero-order valence-corrected chi connectivity index (χ0v) is 21.6. The number of nitrogens with two attached hydrogens (primary N) is 1. The predicted molar refractivity (Wildman–Crippen MR) is 148 cm³/mol. The Morgan fingerprint density at radius 1 is 1.13 bits per heavy atom. The van der Waals surface area contributed by atoms with Crippen molar-refractivity contribution in [2.45, 2.75) is 51.1 Å². The summed E-state index contributed by atoms with van der Waals surface area (Å²) in [4.78, 5) is 35.6. The molecule has 0 unspecified atom stereocenters. The maximum absolute atomic E-state index is 12.8. The number of hydrogen-bond donors (Lipinski definition) is 3. The third kappa shape index (κ3) is 4.69. The summed E-state index contributed by atoms with van der Waals surface area (Å²) < 4.78 is 1.96. The van der Waals surface area contributed by atoms with Crippen LogP contribution in [0.3, 0.4) is 0 Å². The number of fused-ring (bicyclic) bond motifs is 1. The lowest BCUT2D eigenvalue weighted by molar-refractivity contribution is 0.0563. The van der Waals surface area contributed by atoms with Gasteiger partial charge in [0, 0.05) is 18.7 Å². The number of anilines is 2. The average Bonchev–Trinajstić information content (AvgIpc) is 3.57. The Bertz CT molecular complexity index is 1510. The van der Waals surface area contributed by atoms with Crippen molar-refractivity contribution in [2.24, 2.45) is 5.92 Å². The van der Waals surface area contributed by atoms with E-state index in [1.807, 2.05) is 41.1 Å². The molecule has 6 rings (SSSR count). The van der Waals surface area contributed by atoms with Gasteiger partial charge in [0.15, 0.2) is 5.65 Å². The van der Waals surface area contributed by atoms with E-state index in [-0.39, 0.29) is 17.5 Å². The normalized spacial score (nSPS) is 17.5. The van der Waals surface area contributed by atoms with Gasteiger partial charge in [-0.05, 0) is 61.9 Å².